The van der Waals surface area contributed by atoms with E-state index < -0.39 is 6.04 Å². The standard InChI is InChI=1S/C22H25Cl3N2O2/c1-3-11-26-22(29)20(4-2)27(14-16-7-5-6-8-17(16)23)21(28)13-15-9-10-18(24)19(25)12-15/h5-10,12,20H,3-4,11,13-14H2,1-2H3,(H,26,29)/t20-/m0/s1. The predicted octanol–water partition coefficient (Wildman–Crippen LogP) is 5.52. The molecule has 0 unspecified atom stereocenters. The maximum absolute atomic E-state index is 13.2. The van der Waals surface area contributed by atoms with Crippen LogP contribution >= 0.6 is 34.8 Å². The molecule has 0 fully saturated rings. The summed E-state index contributed by atoms with van der Waals surface area (Å²) in [6.45, 7) is 4.69. The van der Waals surface area contributed by atoms with Gasteiger partial charge in [-0.25, -0.2) is 0 Å². The first kappa shape index (κ1) is 23.5. The zero-order chi connectivity index (χ0) is 21.4. The molecule has 1 atom stereocenters. The molecular weight excluding hydrogens is 431 g/mol. The molecule has 0 bridgehead atoms. The van der Waals surface area contributed by atoms with Crippen LogP contribution in [-0.4, -0.2) is 29.3 Å². The highest BCUT2D eigenvalue weighted by molar-refractivity contribution is 6.42. The SMILES string of the molecule is CCCNC(=O)[C@H](CC)N(Cc1ccccc1Cl)C(=O)Cc1ccc(Cl)c(Cl)c1. The lowest BCUT2D eigenvalue weighted by Gasteiger charge is -2.31. The summed E-state index contributed by atoms with van der Waals surface area (Å²) in [7, 11) is 0. The van der Waals surface area contributed by atoms with Gasteiger partial charge in [-0.2, -0.15) is 0 Å². The zero-order valence-corrected chi connectivity index (χ0v) is 18.8. The van der Waals surface area contributed by atoms with Gasteiger partial charge in [0.1, 0.15) is 6.04 Å². The van der Waals surface area contributed by atoms with Gasteiger partial charge in [-0.1, -0.05) is 72.9 Å². The van der Waals surface area contributed by atoms with Crippen molar-refractivity contribution in [2.24, 2.45) is 0 Å². The number of amides is 2. The first-order valence-electron chi connectivity index (χ1n) is 9.61. The van der Waals surface area contributed by atoms with Crippen molar-refractivity contribution < 1.29 is 9.59 Å². The van der Waals surface area contributed by atoms with Gasteiger partial charge in [0.15, 0.2) is 0 Å². The van der Waals surface area contributed by atoms with Crippen molar-refractivity contribution in [2.45, 2.75) is 45.7 Å². The first-order valence-corrected chi connectivity index (χ1v) is 10.7. The van der Waals surface area contributed by atoms with Crippen molar-refractivity contribution in [1.29, 1.82) is 0 Å². The first-order chi connectivity index (χ1) is 13.9. The van der Waals surface area contributed by atoms with Crippen molar-refractivity contribution in [1.82, 2.24) is 10.2 Å². The summed E-state index contributed by atoms with van der Waals surface area (Å²) in [5.41, 5.74) is 1.52. The molecule has 0 radical (unpaired) electrons. The van der Waals surface area contributed by atoms with Crippen LogP contribution in [0.4, 0.5) is 0 Å². The molecule has 1 N–H and O–H groups in total. The third-order valence-corrected chi connectivity index (χ3v) is 5.68. The summed E-state index contributed by atoms with van der Waals surface area (Å²) < 4.78 is 0. The van der Waals surface area contributed by atoms with Gasteiger partial charge in [-0.15, -0.1) is 0 Å². The van der Waals surface area contributed by atoms with Crippen LogP contribution in [0.15, 0.2) is 42.5 Å². The Balaban J connectivity index is 2.30. The molecule has 2 amide bonds. The smallest absolute Gasteiger partial charge is 0.242 e. The monoisotopic (exact) mass is 454 g/mol. The van der Waals surface area contributed by atoms with E-state index in [9.17, 15) is 9.59 Å². The number of carbonyl (C=O) groups excluding carboxylic acids is 2. The number of rotatable bonds is 9. The summed E-state index contributed by atoms with van der Waals surface area (Å²) in [6, 6.07) is 11.8. The lowest BCUT2D eigenvalue weighted by molar-refractivity contribution is -0.140. The summed E-state index contributed by atoms with van der Waals surface area (Å²) in [6.07, 6.45) is 1.43. The molecule has 2 aromatic carbocycles. The van der Waals surface area contributed by atoms with Crippen LogP contribution in [-0.2, 0) is 22.6 Å². The van der Waals surface area contributed by atoms with Crippen molar-refractivity contribution in [3.05, 3.63) is 68.7 Å². The molecule has 2 rings (SSSR count). The number of hydrogen-bond acceptors (Lipinski definition) is 2. The minimum Gasteiger partial charge on any atom is -0.354 e. The Morgan fingerprint density at radius 2 is 1.72 bits per heavy atom. The summed E-state index contributed by atoms with van der Waals surface area (Å²) >= 11 is 18.4. The van der Waals surface area contributed by atoms with Gasteiger partial charge < -0.3 is 10.2 Å². The average Bonchev–Trinajstić information content (AvgIpc) is 2.70. The molecule has 0 saturated carbocycles. The molecule has 29 heavy (non-hydrogen) atoms. The fourth-order valence-electron chi connectivity index (χ4n) is 3.02. The highest BCUT2D eigenvalue weighted by Crippen LogP contribution is 2.24. The number of benzene rings is 2. The van der Waals surface area contributed by atoms with Crippen LogP contribution in [0.5, 0.6) is 0 Å². The Kier molecular flexibility index (Phi) is 9.28. The molecule has 0 heterocycles. The molecule has 7 heteroatoms. The molecule has 4 nitrogen and oxygen atoms in total. The van der Waals surface area contributed by atoms with E-state index in [1.54, 1.807) is 29.2 Å². The van der Waals surface area contributed by atoms with Crippen molar-refractivity contribution in [3.63, 3.8) is 0 Å². The molecule has 0 spiro atoms. The van der Waals surface area contributed by atoms with E-state index in [0.717, 1.165) is 17.5 Å². The van der Waals surface area contributed by atoms with E-state index in [1.807, 2.05) is 32.0 Å². The van der Waals surface area contributed by atoms with Crippen LogP contribution in [0.25, 0.3) is 0 Å². The number of nitrogens with zero attached hydrogens (tertiary/aromatic N) is 1. The van der Waals surface area contributed by atoms with E-state index in [0.29, 0.717) is 28.0 Å². The van der Waals surface area contributed by atoms with Gasteiger partial charge in [0.2, 0.25) is 11.8 Å². The molecule has 2 aromatic rings. The number of halogens is 3. The quantitative estimate of drug-likeness (QED) is 0.541. The topological polar surface area (TPSA) is 49.4 Å². The molecule has 0 aliphatic carbocycles. The Bertz CT molecular complexity index is 858. The summed E-state index contributed by atoms with van der Waals surface area (Å²) in [4.78, 5) is 27.6. The number of hydrogen-bond donors (Lipinski definition) is 1. The largest absolute Gasteiger partial charge is 0.354 e. The summed E-state index contributed by atoms with van der Waals surface area (Å²) in [5, 5.41) is 4.28. The second-order valence-corrected chi connectivity index (χ2v) is 7.97. The Morgan fingerprint density at radius 1 is 1.00 bits per heavy atom. The fraction of sp³-hybridized carbons (Fsp3) is 0.364. The number of carbonyl (C=O) groups is 2. The molecular formula is C22H25Cl3N2O2. The Labute approximate surface area is 187 Å². The van der Waals surface area contributed by atoms with Crippen molar-refractivity contribution in [3.8, 4) is 0 Å². The maximum atomic E-state index is 13.2. The van der Waals surface area contributed by atoms with Crippen molar-refractivity contribution in [2.75, 3.05) is 6.54 Å². The maximum Gasteiger partial charge on any atom is 0.242 e. The predicted molar refractivity (Wildman–Crippen MR) is 120 cm³/mol. The minimum atomic E-state index is -0.590. The molecule has 156 valence electrons. The van der Waals surface area contributed by atoms with Gasteiger partial charge in [0.25, 0.3) is 0 Å². The lowest BCUT2D eigenvalue weighted by Crippen LogP contribution is -2.49. The highest BCUT2D eigenvalue weighted by Gasteiger charge is 2.29. The zero-order valence-electron chi connectivity index (χ0n) is 16.6. The Morgan fingerprint density at radius 3 is 2.34 bits per heavy atom. The third-order valence-electron chi connectivity index (χ3n) is 4.57. The van der Waals surface area contributed by atoms with E-state index in [1.165, 1.54) is 0 Å². The third kappa shape index (κ3) is 6.63. The van der Waals surface area contributed by atoms with E-state index in [4.69, 9.17) is 34.8 Å². The van der Waals surface area contributed by atoms with Gasteiger partial charge in [-0.05, 0) is 42.2 Å². The molecule has 0 aliphatic rings. The van der Waals surface area contributed by atoms with Crippen LogP contribution in [0.3, 0.4) is 0 Å². The van der Waals surface area contributed by atoms with Crippen LogP contribution in [0.2, 0.25) is 15.1 Å². The number of nitrogens with one attached hydrogen (secondary N) is 1. The van der Waals surface area contributed by atoms with Gasteiger partial charge in [-0.3, -0.25) is 9.59 Å². The second kappa shape index (κ2) is 11.4. The normalized spacial score (nSPS) is 11.8. The van der Waals surface area contributed by atoms with Gasteiger partial charge in [0.05, 0.1) is 16.5 Å². The Hall–Kier alpha value is -1.75. The second-order valence-electron chi connectivity index (χ2n) is 6.75. The van der Waals surface area contributed by atoms with Crippen LogP contribution in [0, 0.1) is 0 Å². The molecule has 0 saturated heterocycles. The van der Waals surface area contributed by atoms with Crippen LogP contribution in [0.1, 0.15) is 37.8 Å². The fourth-order valence-corrected chi connectivity index (χ4v) is 3.54. The van der Waals surface area contributed by atoms with Gasteiger partial charge >= 0.3 is 0 Å². The van der Waals surface area contributed by atoms with Crippen molar-refractivity contribution >= 4 is 46.6 Å². The minimum absolute atomic E-state index is 0.110. The van der Waals surface area contributed by atoms with Gasteiger partial charge in [0, 0.05) is 18.1 Å². The summed E-state index contributed by atoms with van der Waals surface area (Å²) in [5.74, 6) is -0.342. The van der Waals surface area contributed by atoms with E-state index in [2.05, 4.69) is 5.32 Å². The van der Waals surface area contributed by atoms with E-state index in [-0.39, 0.29) is 24.8 Å². The highest BCUT2D eigenvalue weighted by atomic mass is 35.5. The average molecular weight is 456 g/mol. The lowest BCUT2D eigenvalue weighted by atomic mass is 10.1. The molecule has 0 aliphatic heterocycles. The molecule has 0 aromatic heterocycles. The van der Waals surface area contributed by atoms with E-state index >= 15 is 0 Å². The van der Waals surface area contributed by atoms with Crippen LogP contribution < -0.4 is 5.32 Å².